The number of ether oxygens (including phenoxy) is 2. The summed E-state index contributed by atoms with van der Waals surface area (Å²) < 4.78 is 11.5. The number of benzene rings is 1. The lowest BCUT2D eigenvalue weighted by Crippen LogP contribution is -2.50. The molecule has 5 nitrogen and oxygen atoms in total. The van der Waals surface area contributed by atoms with Gasteiger partial charge in [0.1, 0.15) is 6.10 Å². The lowest BCUT2D eigenvalue weighted by atomic mass is 10.1. The second-order valence-electron chi connectivity index (χ2n) is 4.80. The second kappa shape index (κ2) is 6.61. The number of likely N-dealkylation sites (N-methyl/N-ethyl adjacent to an activating group) is 1. The summed E-state index contributed by atoms with van der Waals surface area (Å²) in [6, 6.07) is 7.35. The van der Waals surface area contributed by atoms with Crippen LogP contribution in [0.1, 0.15) is 20.3 Å². The minimum Gasteiger partial charge on any atom is -0.482 e. The molecule has 1 heterocycles. The van der Waals surface area contributed by atoms with Gasteiger partial charge in [-0.3, -0.25) is 4.79 Å². The van der Waals surface area contributed by atoms with Crippen molar-refractivity contribution in [1.82, 2.24) is 4.90 Å². The fourth-order valence-electron chi connectivity index (χ4n) is 2.26. The number of para-hydroxylation sites is 2. The van der Waals surface area contributed by atoms with Crippen LogP contribution in [0.25, 0.3) is 0 Å². The highest BCUT2D eigenvalue weighted by Gasteiger charge is 2.36. The Hall–Kier alpha value is -1.75. The maximum atomic E-state index is 12.5. The van der Waals surface area contributed by atoms with Gasteiger partial charge in [-0.05, 0) is 32.4 Å². The van der Waals surface area contributed by atoms with E-state index in [2.05, 4.69) is 0 Å². The molecule has 1 amide bonds. The second-order valence-corrected chi connectivity index (χ2v) is 4.80. The highest BCUT2D eigenvalue weighted by Crippen LogP contribution is 2.33. The molecule has 0 saturated heterocycles. The van der Waals surface area contributed by atoms with Gasteiger partial charge in [-0.1, -0.05) is 12.1 Å². The summed E-state index contributed by atoms with van der Waals surface area (Å²) in [5, 5.41) is 8.89. The summed E-state index contributed by atoms with van der Waals surface area (Å²) in [6.45, 7) is 4.94. The average molecular weight is 279 g/mol. The molecule has 5 heteroatoms. The molecule has 2 unspecified atom stereocenters. The van der Waals surface area contributed by atoms with Crippen molar-refractivity contribution in [3.63, 3.8) is 0 Å². The third kappa shape index (κ3) is 3.04. The maximum Gasteiger partial charge on any atom is 0.267 e. The highest BCUT2D eigenvalue weighted by atomic mass is 16.6. The third-order valence-corrected chi connectivity index (χ3v) is 3.37. The highest BCUT2D eigenvalue weighted by molar-refractivity contribution is 5.82. The van der Waals surface area contributed by atoms with Gasteiger partial charge in [-0.25, -0.2) is 0 Å². The minimum atomic E-state index is -0.636. The predicted molar refractivity (Wildman–Crippen MR) is 74.9 cm³/mol. The van der Waals surface area contributed by atoms with Crippen LogP contribution in [-0.2, 0) is 4.79 Å². The van der Waals surface area contributed by atoms with Gasteiger partial charge in [0.05, 0.1) is 0 Å². The number of hydrogen-bond donors (Lipinski definition) is 1. The van der Waals surface area contributed by atoms with E-state index in [1.54, 1.807) is 11.0 Å². The Morgan fingerprint density at radius 3 is 2.55 bits per heavy atom. The van der Waals surface area contributed by atoms with Gasteiger partial charge in [0, 0.05) is 19.7 Å². The van der Waals surface area contributed by atoms with E-state index in [0.717, 1.165) is 0 Å². The molecule has 0 aromatic heterocycles. The van der Waals surface area contributed by atoms with Crippen LogP contribution in [0.15, 0.2) is 24.3 Å². The summed E-state index contributed by atoms with van der Waals surface area (Å²) in [7, 11) is 0. The molecule has 0 saturated carbocycles. The molecule has 2 rings (SSSR count). The zero-order chi connectivity index (χ0) is 14.5. The van der Waals surface area contributed by atoms with Crippen LogP contribution >= 0.6 is 0 Å². The van der Waals surface area contributed by atoms with Crippen LogP contribution in [0.3, 0.4) is 0 Å². The summed E-state index contributed by atoms with van der Waals surface area (Å²) in [5.41, 5.74) is 0. The SMILES string of the molecule is CCN(CCCO)C(=O)C1Oc2ccccc2OC1C. The number of amides is 1. The Labute approximate surface area is 119 Å². The lowest BCUT2D eigenvalue weighted by Gasteiger charge is -2.34. The van der Waals surface area contributed by atoms with E-state index in [1.165, 1.54) is 0 Å². The van der Waals surface area contributed by atoms with Crippen LogP contribution in [0.2, 0.25) is 0 Å². The molecule has 1 aliphatic rings. The molecular formula is C15H21NO4. The Kier molecular flexibility index (Phi) is 4.84. The van der Waals surface area contributed by atoms with E-state index in [-0.39, 0.29) is 18.6 Å². The lowest BCUT2D eigenvalue weighted by molar-refractivity contribution is -0.144. The number of nitrogens with zero attached hydrogens (tertiary/aromatic N) is 1. The Balaban J connectivity index is 2.10. The van der Waals surface area contributed by atoms with Crippen molar-refractivity contribution in [2.24, 2.45) is 0 Å². The number of fused-ring (bicyclic) bond motifs is 1. The summed E-state index contributed by atoms with van der Waals surface area (Å²) in [5.74, 6) is 1.17. The molecule has 1 aromatic carbocycles. The molecule has 0 aliphatic carbocycles. The van der Waals surface area contributed by atoms with Gasteiger partial charge in [-0.15, -0.1) is 0 Å². The normalized spacial score (nSPS) is 20.6. The summed E-state index contributed by atoms with van der Waals surface area (Å²) in [4.78, 5) is 14.2. The van der Waals surface area contributed by atoms with Crippen molar-refractivity contribution >= 4 is 5.91 Å². The van der Waals surface area contributed by atoms with Gasteiger partial charge >= 0.3 is 0 Å². The van der Waals surface area contributed by atoms with Crippen molar-refractivity contribution in [3.05, 3.63) is 24.3 Å². The number of rotatable bonds is 5. The Morgan fingerprint density at radius 1 is 1.30 bits per heavy atom. The van der Waals surface area contributed by atoms with E-state index < -0.39 is 6.10 Å². The molecule has 1 aliphatic heterocycles. The summed E-state index contributed by atoms with van der Waals surface area (Å²) in [6.07, 6.45) is -0.401. The van der Waals surface area contributed by atoms with Crippen LogP contribution in [0.4, 0.5) is 0 Å². The molecule has 0 radical (unpaired) electrons. The topological polar surface area (TPSA) is 59.0 Å². The van der Waals surface area contributed by atoms with Crippen molar-refractivity contribution in [2.45, 2.75) is 32.5 Å². The number of carbonyl (C=O) groups is 1. The first kappa shape index (κ1) is 14.7. The van der Waals surface area contributed by atoms with Gasteiger partial charge < -0.3 is 19.5 Å². The first-order valence-electron chi connectivity index (χ1n) is 6.99. The molecular weight excluding hydrogens is 258 g/mol. The van der Waals surface area contributed by atoms with E-state index >= 15 is 0 Å². The largest absolute Gasteiger partial charge is 0.482 e. The van der Waals surface area contributed by atoms with Crippen LogP contribution in [-0.4, -0.2) is 47.8 Å². The molecule has 0 fully saturated rings. The minimum absolute atomic E-state index is 0.0736. The van der Waals surface area contributed by atoms with Crippen molar-refractivity contribution in [1.29, 1.82) is 0 Å². The first-order valence-corrected chi connectivity index (χ1v) is 6.99. The predicted octanol–water partition coefficient (Wildman–Crippen LogP) is 1.45. The molecule has 0 spiro atoms. The van der Waals surface area contributed by atoms with Crippen molar-refractivity contribution < 1.29 is 19.4 Å². The van der Waals surface area contributed by atoms with Crippen LogP contribution < -0.4 is 9.47 Å². The Morgan fingerprint density at radius 2 is 1.95 bits per heavy atom. The van der Waals surface area contributed by atoms with Gasteiger partial charge in [0.25, 0.3) is 5.91 Å². The number of aliphatic hydroxyl groups excluding tert-OH is 1. The number of hydrogen-bond acceptors (Lipinski definition) is 4. The zero-order valence-electron chi connectivity index (χ0n) is 11.9. The molecule has 1 aromatic rings. The quantitative estimate of drug-likeness (QED) is 0.886. The zero-order valence-corrected chi connectivity index (χ0v) is 11.9. The Bertz CT molecular complexity index is 463. The molecule has 0 bridgehead atoms. The smallest absolute Gasteiger partial charge is 0.267 e. The van der Waals surface area contributed by atoms with E-state index in [4.69, 9.17) is 14.6 Å². The molecule has 1 N–H and O–H groups in total. The fraction of sp³-hybridized carbons (Fsp3) is 0.533. The molecule has 110 valence electrons. The van der Waals surface area contributed by atoms with Crippen molar-refractivity contribution in [3.8, 4) is 11.5 Å². The van der Waals surface area contributed by atoms with E-state index in [9.17, 15) is 4.79 Å². The van der Waals surface area contributed by atoms with Crippen LogP contribution in [0, 0.1) is 0 Å². The average Bonchev–Trinajstić information content (AvgIpc) is 2.47. The first-order chi connectivity index (χ1) is 9.67. The maximum absolute atomic E-state index is 12.5. The summed E-state index contributed by atoms with van der Waals surface area (Å²) >= 11 is 0. The van der Waals surface area contributed by atoms with Gasteiger partial charge in [0.15, 0.2) is 11.5 Å². The third-order valence-electron chi connectivity index (χ3n) is 3.37. The van der Waals surface area contributed by atoms with E-state index in [0.29, 0.717) is 31.0 Å². The van der Waals surface area contributed by atoms with Crippen molar-refractivity contribution in [2.75, 3.05) is 19.7 Å². The molecule has 2 atom stereocenters. The fourth-order valence-corrected chi connectivity index (χ4v) is 2.26. The molecule has 20 heavy (non-hydrogen) atoms. The van der Waals surface area contributed by atoms with Crippen LogP contribution in [0.5, 0.6) is 11.5 Å². The number of carbonyl (C=O) groups excluding carboxylic acids is 1. The van der Waals surface area contributed by atoms with E-state index in [1.807, 2.05) is 32.0 Å². The van der Waals surface area contributed by atoms with Gasteiger partial charge in [-0.2, -0.15) is 0 Å². The number of aliphatic hydroxyl groups is 1. The monoisotopic (exact) mass is 279 g/mol. The van der Waals surface area contributed by atoms with Gasteiger partial charge in [0.2, 0.25) is 6.10 Å². The standard InChI is InChI=1S/C15H21NO4/c1-3-16(9-6-10-17)15(18)14-11(2)19-12-7-4-5-8-13(12)20-14/h4-5,7-8,11,14,17H,3,6,9-10H2,1-2H3.